The largest absolute Gasteiger partial charge is 0.478 e. The second kappa shape index (κ2) is 11.8. The molecule has 0 N–H and O–H groups in total. The highest BCUT2D eigenvalue weighted by Gasteiger charge is 2.34. The van der Waals surface area contributed by atoms with Crippen LogP contribution in [0.2, 0.25) is 10.0 Å². The van der Waals surface area contributed by atoms with E-state index in [-0.39, 0.29) is 17.9 Å². The normalized spacial score (nSPS) is 16.3. The Hall–Kier alpha value is -3.09. The summed E-state index contributed by atoms with van der Waals surface area (Å²) in [5.41, 5.74) is 1.53. The minimum atomic E-state index is -0.706. The van der Waals surface area contributed by atoms with Crippen LogP contribution in [0.5, 0.6) is 5.75 Å². The molecule has 1 aliphatic rings. The molecule has 2 atom stereocenters. The summed E-state index contributed by atoms with van der Waals surface area (Å²) in [6, 6.07) is 17.6. The molecular formula is C28H26Cl2FNO4. The van der Waals surface area contributed by atoms with Crippen LogP contribution in [0.15, 0.2) is 66.7 Å². The zero-order valence-corrected chi connectivity index (χ0v) is 21.3. The molecule has 1 aliphatic heterocycles. The first-order valence-corrected chi connectivity index (χ1v) is 12.6. The van der Waals surface area contributed by atoms with Crippen molar-refractivity contribution in [3.8, 4) is 5.75 Å². The molecular weight excluding hydrogens is 504 g/mol. The Morgan fingerprint density at radius 3 is 2.50 bits per heavy atom. The predicted octanol–water partition coefficient (Wildman–Crippen LogP) is 6.86. The molecule has 0 saturated carbocycles. The quantitative estimate of drug-likeness (QED) is 0.313. The van der Waals surface area contributed by atoms with Crippen LogP contribution in [-0.2, 0) is 9.53 Å². The van der Waals surface area contributed by atoms with E-state index in [1.54, 1.807) is 43.3 Å². The Kier molecular flexibility index (Phi) is 8.49. The smallest absolute Gasteiger partial charge is 0.328 e. The van der Waals surface area contributed by atoms with Gasteiger partial charge in [0.2, 0.25) is 0 Å². The number of hydrogen-bond acceptors (Lipinski definition) is 4. The van der Waals surface area contributed by atoms with E-state index in [0.717, 1.165) is 24.5 Å². The molecule has 3 aromatic carbocycles. The molecule has 36 heavy (non-hydrogen) atoms. The highest BCUT2D eigenvalue weighted by molar-refractivity contribution is 6.31. The number of carbonyl (C=O) groups excluding carboxylic acids is 2. The summed E-state index contributed by atoms with van der Waals surface area (Å²) < 4.78 is 26.5. The Labute approximate surface area is 219 Å². The highest BCUT2D eigenvalue weighted by atomic mass is 35.5. The number of carbonyl (C=O) groups is 2. The molecule has 0 bridgehead atoms. The van der Waals surface area contributed by atoms with Gasteiger partial charge in [-0.25, -0.2) is 9.18 Å². The van der Waals surface area contributed by atoms with Crippen LogP contribution in [0.4, 0.5) is 4.39 Å². The molecule has 1 fully saturated rings. The zero-order valence-electron chi connectivity index (χ0n) is 19.8. The lowest BCUT2D eigenvalue weighted by Gasteiger charge is -2.34. The fraction of sp³-hybridized carbons (Fsp3) is 0.286. The molecule has 188 valence electrons. The molecule has 1 heterocycles. The van der Waals surface area contributed by atoms with E-state index >= 15 is 4.39 Å². The van der Waals surface area contributed by atoms with Gasteiger partial charge in [0.1, 0.15) is 6.04 Å². The summed E-state index contributed by atoms with van der Waals surface area (Å²) in [5, 5.41) is 1.03. The first-order chi connectivity index (χ1) is 17.4. The third-order valence-electron chi connectivity index (χ3n) is 6.11. The monoisotopic (exact) mass is 529 g/mol. The third kappa shape index (κ3) is 5.82. The average Bonchev–Trinajstić information content (AvgIpc) is 2.89. The molecule has 5 nitrogen and oxygen atoms in total. The maximum absolute atomic E-state index is 15.3. The summed E-state index contributed by atoms with van der Waals surface area (Å²) in [6.45, 7) is 2.37. The minimum absolute atomic E-state index is 0.0352. The molecule has 0 aromatic heterocycles. The Balaban J connectivity index is 1.61. The SMILES string of the molecule is CCOC(=O)C1CCCCN1C(=O)c1ccc(OC(c2ccc(Cl)cc2)c2ccccc2Cl)c(F)c1. The number of likely N-dealkylation sites (tertiary alicyclic amines) is 1. The minimum Gasteiger partial charge on any atom is -0.478 e. The number of amides is 1. The fourth-order valence-corrected chi connectivity index (χ4v) is 4.68. The van der Waals surface area contributed by atoms with Gasteiger partial charge < -0.3 is 14.4 Å². The number of nitrogens with zero attached hydrogens (tertiary/aromatic N) is 1. The van der Waals surface area contributed by atoms with Gasteiger partial charge in [0.15, 0.2) is 17.7 Å². The van der Waals surface area contributed by atoms with Crippen molar-refractivity contribution in [2.45, 2.75) is 38.3 Å². The fourth-order valence-electron chi connectivity index (χ4n) is 4.32. The van der Waals surface area contributed by atoms with Crippen LogP contribution in [0.25, 0.3) is 0 Å². The standard InChI is InChI=1S/C28H26Cl2FNO4/c1-2-35-28(34)24-9-5-6-16-32(24)27(33)19-12-15-25(23(31)17-19)36-26(18-10-13-20(29)14-11-18)21-7-3-4-8-22(21)30/h3-4,7-8,10-15,17,24,26H,2,5-6,9,16H2,1H3. The van der Waals surface area contributed by atoms with Gasteiger partial charge in [0.25, 0.3) is 5.91 Å². The van der Waals surface area contributed by atoms with Gasteiger partial charge in [0, 0.05) is 27.7 Å². The Bertz CT molecular complexity index is 1230. The summed E-state index contributed by atoms with van der Waals surface area (Å²) in [5.74, 6) is -1.58. The average molecular weight is 530 g/mol. The van der Waals surface area contributed by atoms with Gasteiger partial charge in [-0.15, -0.1) is 0 Å². The van der Waals surface area contributed by atoms with E-state index in [1.807, 2.05) is 12.1 Å². The predicted molar refractivity (Wildman–Crippen MR) is 137 cm³/mol. The van der Waals surface area contributed by atoms with Crippen molar-refractivity contribution in [3.05, 3.63) is 99.3 Å². The number of rotatable bonds is 7. The van der Waals surface area contributed by atoms with Crippen molar-refractivity contribution in [1.29, 1.82) is 0 Å². The van der Waals surface area contributed by atoms with Gasteiger partial charge in [-0.05, 0) is 68.1 Å². The van der Waals surface area contributed by atoms with E-state index in [1.165, 1.54) is 17.0 Å². The van der Waals surface area contributed by atoms with Crippen molar-refractivity contribution in [2.75, 3.05) is 13.2 Å². The van der Waals surface area contributed by atoms with Crippen LogP contribution in [0.3, 0.4) is 0 Å². The van der Waals surface area contributed by atoms with E-state index < -0.39 is 29.8 Å². The lowest BCUT2D eigenvalue weighted by molar-refractivity contribution is -0.149. The third-order valence-corrected chi connectivity index (χ3v) is 6.70. The van der Waals surface area contributed by atoms with E-state index in [0.29, 0.717) is 28.6 Å². The van der Waals surface area contributed by atoms with Crippen molar-refractivity contribution in [3.63, 3.8) is 0 Å². The molecule has 0 radical (unpaired) electrons. The number of hydrogen-bond donors (Lipinski definition) is 0. The maximum atomic E-state index is 15.3. The summed E-state index contributed by atoms with van der Waals surface area (Å²) in [4.78, 5) is 27.0. The second-order valence-electron chi connectivity index (χ2n) is 8.48. The van der Waals surface area contributed by atoms with Crippen LogP contribution in [0, 0.1) is 5.82 Å². The van der Waals surface area contributed by atoms with Crippen molar-refractivity contribution in [1.82, 2.24) is 4.90 Å². The maximum Gasteiger partial charge on any atom is 0.328 e. The number of piperidine rings is 1. The lowest BCUT2D eigenvalue weighted by Crippen LogP contribution is -2.48. The Morgan fingerprint density at radius 1 is 1.06 bits per heavy atom. The van der Waals surface area contributed by atoms with Crippen LogP contribution in [-0.4, -0.2) is 36.0 Å². The summed E-state index contributed by atoms with van der Waals surface area (Å²) in [6.07, 6.45) is 1.41. The van der Waals surface area contributed by atoms with Crippen LogP contribution >= 0.6 is 23.2 Å². The number of benzene rings is 3. The number of halogens is 3. The Morgan fingerprint density at radius 2 is 1.81 bits per heavy atom. The summed E-state index contributed by atoms with van der Waals surface area (Å²) in [7, 11) is 0. The second-order valence-corrected chi connectivity index (χ2v) is 9.32. The lowest BCUT2D eigenvalue weighted by atomic mass is 10.0. The topological polar surface area (TPSA) is 55.8 Å². The molecule has 0 aliphatic carbocycles. The van der Waals surface area contributed by atoms with Crippen LogP contribution in [0.1, 0.15) is 53.8 Å². The van der Waals surface area contributed by atoms with Crippen molar-refractivity contribution < 1.29 is 23.5 Å². The first kappa shape index (κ1) is 26.0. The van der Waals surface area contributed by atoms with Gasteiger partial charge >= 0.3 is 5.97 Å². The van der Waals surface area contributed by atoms with Gasteiger partial charge in [0.05, 0.1) is 6.61 Å². The molecule has 4 rings (SSSR count). The van der Waals surface area contributed by atoms with E-state index in [4.69, 9.17) is 32.7 Å². The molecule has 1 amide bonds. The van der Waals surface area contributed by atoms with E-state index in [2.05, 4.69) is 0 Å². The first-order valence-electron chi connectivity index (χ1n) is 11.8. The molecule has 2 unspecified atom stereocenters. The van der Waals surface area contributed by atoms with Crippen molar-refractivity contribution in [2.24, 2.45) is 0 Å². The van der Waals surface area contributed by atoms with Gasteiger partial charge in [-0.3, -0.25) is 4.79 Å². The van der Waals surface area contributed by atoms with Crippen molar-refractivity contribution >= 4 is 35.1 Å². The van der Waals surface area contributed by atoms with Gasteiger partial charge in [-0.1, -0.05) is 53.5 Å². The number of ether oxygens (including phenoxy) is 2. The van der Waals surface area contributed by atoms with Gasteiger partial charge in [-0.2, -0.15) is 0 Å². The van der Waals surface area contributed by atoms with Crippen LogP contribution < -0.4 is 4.74 Å². The highest BCUT2D eigenvalue weighted by Crippen LogP contribution is 2.35. The molecule has 1 saturated heterocycles. The zero-order chi connectivity index (χ0) is 25.7. The molecule has 8 heteroatoms. The molecule has 0 spiro atoms. The number of esters is 1. The summed E-state index contributed by atoms with van der Waals surface area (Å²) >= 11 is 12.5. The van der Waals surface area contributed by atoms with E-state index in [9.17, 15) is 9.59 Å². The molecule has 3 aromatic rings.